The maximum absolute atomic E-state index is 5.33. The molecule has 0 amide bonds. The fraction of sp³-hybridized carbons (Fsp3) is 0.200. The number of aromatic nitrogens is 4. The standard InChI is InChI=1S/C15H14N4O2/c1-9-12(8-16-10(2)17-9)15-18-14(19-21-15)11-6-4-5-7-13(11)20-3/h4-8H,1-3H3. The molecule has 2 aromatic heterocycles. The van der Waals surface area contributed by atoms with E-state index in [9.17, 15) is 0 Å². The second-order valence-electron chi connectivity index (χ2n) is 4.54. The first kappa shape index (κ1) is 13.2. The molecule has 0 fully saturated rings. The van der Waals surface area contributed by atoms with E-state index in [1.807, 2.05) is 38.1 Å². The first-order chi connectivity index (χ1) is 10.2. The quantitative estimate of drug-likeness (QED) is 0.735. The topological polar surface area (TPSA) is 73.9 Å². The number of nitrogens with zero attached hydrogens (tertiary/aromatic N) is 4. The molecule has 106 valence electrons. The number of ether oxygens (including phenoxy) is 1. The van der Waals surface area contributed by atoms with Gasteiger partial charge in [0.2, 0.25) is 5.82 Å². The van der Waals surface area contributed by atoms with Gasteiger partial charge in [-0.05, 0) is 26.0 Å². The lowest BCUT2D eigenvalue weighted by Crippen LogP contribution is -1.94. The van der Waals surface area contributed by atoms with Crippen molar-refractivity contribution in [3.05, 3.63) is 42.0 Å². The monoisotopic (exact) mass is 282 g/mol. The van der Waals surface area contributed by atoms with Crippen molar-refractivity contribution in [2.75, 3.05) is 7.11 Å². The molecule has 0 unspecified atom stereocenters. The maximum atomic E-state index is 5.33. The summed E-state index contributed by atoms with van der Waals surface area (Å²) in [5.41, 5.74) is 2.31. The van der Waals surface area contributed by atoms with Crippen LogP contribution < -0.4 is 4.74 Å². The van der Waals surface area contributed by atoms with Crippen molar-refractivity contribution in [3.63, 3.8) is 0 Å². The van der Waals surface area contributed by atoms with Crippen molar-refractivity contribution in [1.82, 2.24) is 20.1 Å². The van der Waals surface area contributed by atoms with E-state index >= 15 is 0 Å². The van der Waals surface area contributed by atoms with Crippen LogP contribution in [0.2, 0.25) is 0 Å². The van der Waals surface area contributed by atoms with Gasteiger partial charge in [0.1, 0.15) is 11.6 Å². The molecule has 0 radical (unpaired) electrons. The molecule has 6 nitrogen and oxygen atoms in total. The van der Waals surface area contributed by atoms with Gasteiger partial charge in [-0.3, -0.25) is 0 Å². The Morgan fingerprint density at radius 1 is 1.05 bits per heavy atom. The highest BCUT2D eigenvalue weighted by Gasteiger charge is 2.16. The second-order valence-corrected chi connectivity index (χ2v) is 4.54. The predicted molar refractivity (Wildman–Crippen MR) is 76.8 cm³/mol. The van der Waals surface area contributed by atoms with Gasteiger partial charge in [0, 0.05) is 6.20 Å². The van der Waals surface area contributed by atoms with Crippen molar-refractivity contribution in [3.8, 4) is 28.6 Å². The minimum absolute atomic E-state index is 0.397. The van der Waals surface area contributed by atoms with E-state index in [0.29, 0.717) is 23.3 Å². The number of hydrogen-bond donors (Lipinski definition) is 0. The van der Waals surface area contributed by atoms with Crippen molar-refractivity contribution in [1.29, 1.82) is 0 Å². The van der Waals surface area contributed by atoms with Crippen LogP contribution in [0.5, 0.6) is 5.75 Å². The van der Waals surface area contributed by atoms with Crippen molar-refractivity contribution < 1.29 is 9.26 Å². The minimum atomic E-state index is 0.397. The molecule has 0 bridgehead atoms. The third kappa shape index (κ3) is 2.47. The van der Waals surface area contributed by atoms with Crippen LogP contribution in [0.3, 0.4) is 0 Å². The Bertz CT molecular complexity index is 783. The highest BCUT2D eigenvalue weighted by molar-refractivity contribution is 5.66. The van der Waals surface area contributed by atoms with Crippen molar-refractivity contribution in [2.45, 2.75) is 13.8 Å². The fourth-order valence-electron chi connectivity index (χ4n) is 2.06. The van der Waals surface area contributed by atoms with E-state index in [2.05, 4.69) is 20.1 Å². The van der Waals surface area contributed by atoms with Gasteiger partial charge in [-0.15, -0.1) is 0 Å². The molecule has 21 heavy (non-hydrogen) atoms. The molecular formula is C15H14N4O2. The van der Waals surface area contributed by atoms with Crippen LogP contribution in [0.25, 0.3) is 22.8 Å². The van der Waals surface area contributed by atoms with Gasteiger partial charge in [-0.1, -0.05) is 17.3 Å². The number of para-hydroxylation sites is 1. The van der Waals surface area contributed by atoms with Gasteiger partial charge in [0.15, 0.2) is 0 Å². The van der Waals surface area contributed by atoms with Gasteiger partial charge >= 0.3 is 0 Å². The molecule has 0 atom stereocenters. The van der Waals surface area contributed by atoms with E-state index in [1.165, 1.54) is 0 Å². The number of rotatable bonds is 3. The summed E-state index contributed by atoms with van der Waals surface area (Å²) in [4.78, 5) is 12.9. The lowest BCUT2D eigenvalue weighted by Gasteiger charge is -2.03. The Balaban J connectivity index is 2.04. The zero-order valence-corrected chi connectivity index (χ0v) is 12.0. The van der Waals surface area contributed by atoms with Gasteiger partial charge in [-0.25, -0.2) is 9.97 Å². The van der Waals surface area contributed by atoms with Crippen LogP contribution in [-0.2, 0) is 0 Å². The smallest absolute Gasteiger partial charge is 0.261 e. The molecule has 0 aliphatic carbocycles. The van der Waals surface area contributed by atoms with E-state index in [4.69, 9.17) is 9.26 Å². The summed E-state index contributed by atoms with van der Waals surface area (Å²) < 4.78 is 10.6. The van der Waals surface area contributed by atoms with Gasteiger partial charge in [0.05, 0.1) is 23.9 Å². The summed E-state index contributed by atoms with van der Waals surface area (Å²) in [6, 6.07) is 7.52. The van der Waals surface area contributed by atoms with E-state index in [1.54, 1.807) is 13.3 Å². The summed E-state index contributed by atoms with van der Waals surface area (Å²) >= 11 is 0. The van der Waals surface area contributed by atoms with E-state index < -0.39 is 0 Å². The van der Waals surface area contributed by atoms with Crippen LogP contribution in [-0.4, -0.2) is 27.2 Å². The van der Waals surface area contributed by atoms with E-state index in [0.717, 1.165) is 16.8 Å². The summed E-state index contributed by atoms with van der Waals surface area (Å²) in [7, 11) is 1.61. The molecular weight excluding hydrogens is 268 g/mol. The lowest BCUT2D eigenvalue weighted by molar-refractivity contribution is 0.413. The van der Waals surface area contributed by atoms with Crippen LogP contribution in [0, 0.1) is 13.8 Å². The molecule has 1 aromatic carbocycles. The Kier molecular flexibility index (Phi) is 3.35. The average molecular weight is 282 g/mol. The third-order valence-electron chi connectivity index (χ3n) is 3.10. The molecule has 0 spiro atoms. The first-order valence-electron chi connectivity index (χ1n) is 6.46. The molecule has 3 rings (SSSR count). The van der Waals surface area contributed by atoms with Crippen LogP contribution >= 0.6 is 0 Å². The predicted octanol–water partition coefficient (Wildman–Crippen LogP) is 2.82. The van der Waals surface area contributed by atoms with Crippen LogP contribution in [0.1, 0.15) is 11.5 Å². The Hall–Kier alpha value is -2.76. The lowest BCUT2D eigenvalue weighted by atomic mass is 10.2. The number of aryl methyl sites for hydroxylation is 2. The molecule has 0 saturated carbocycles. The summed E-state index contributed by atoms with van der Waals surface area (Å²) in [5.74, 6) is 2.28. The van der Waals surface area contributed by atoms with Crippen molar-refractivity contribution >= 4 is 0 Å². The number of benzene rings is 1. The van der Waals surface area contributed by atoms with Gasteiger partial charge in [-0.2, -0.15) is 4.98 Å². The molecule has 0 N–H and O–H groups in total. The summed E-state index contributed by atoms with van der Waals surface area (Å²) in [6.07, 6.45) is 1.69. The molecule has 0 aliphatic rings. The zero-order valence-electron chi connectivity index (χ0n) is 12.0. The zero-order chi connectivity index (χ0) is 14.8. The van der Waals surface area contributed by atoms with E-state index in [-0.39, 0.29) is 0 Å². The van der Waals surface area contributed by atoms with Crippen molar-refractivity contribution in [2.24, 2.45) is 0 Å². The van der Waals surface area contributed by atoms with Crippen LogP contribution in [0.4, 0.5) is 0 Å². The Morgan fingerprint density at radius 3 is 2.62 bits per heavy atom. The van der Waals surface area contributed by atoms with Gasteiger partial charge < -0.3 is 9.26 Å². The molecule has 6 heteroatoms. The highest BCUT2D eigenvalue weighted by atomic mass is 16.5. The third-order valence-corrected chi connectivity index (χ3v) is 3.10. The molecule has 0 saturated heterocycles. The maximum Gasteiger partial charge on any atom is 0.261 e. The highest BCUT2D eigenvalue weighted by Crippen LogP contribution is 2.29. The Morgan fingerprint density at radius 2 is 1.86 bits per heavy atom. The molecule has 2 heterocycles. The minimum Gasteiger partial charge on any atom is -0.496 e. The Labute approximate surface area is 121 Å². The summed E-state index contributed by atoms with van der Waals surface area (Å²) in [5, 5.41) is 4.01. The second kappa shape index (κ2) is 5.32. The average Bonchev–Trinajstić information content (AvgIpc) is 2.96. The SMILES string of the molecule is COc1ccccc1-c1noc(-c2cnc(C)nc2C)n1. The normalized spacial score (nSPS) is 10.6. The van der Waals surface area contributed by atoms with Crippen LogP contribution in [0.15, 0.2) is 35.0 Å². The number of methoxy groups -OCH3 is 1. The van der Waals surface area contributed by atoms with Gasteiger partial charge in [0.25, 0.3) is 5.89 Å². The largest absolute Gasteiger partial charge is 0.496 e. The fourth-order valence-corrected chi connectivity index (χ4v) is 2.06. The summed E-state index contributed by atoms with van der Waals surface area (Å²) in [6.45, 7) is 3.72. The first-order valence-corrected chi connectivity index (χ1v) is 6.46. The molecule has 3 aromatic rings. The number of hydrogen-bond acceptors (Lipinski definition) is 6. The molecule has 0 aliphatic heterocycles.